The van der Waals surface area contributed by atoms with Crippen LogP contribution in [0.3, 0.4) is 0 Å². The fraction of sp³-hybridized carbons (Fsp3) is 0.214. The maximum absolute atomic E-state index is 13.0. The molecule has 0 aliphatic heterocycles. The van der Waals surface area contributed by atoms with Crippen molar-refractivity contribution in [1.82, 2.24) is 4.98 Å². The molecule has 0 atom stereocenters. The van der Waals surface area contributed by atoms with Crippen LogP contribution in [0.2, 0.25) is 0 Å². The molecule has 0 bridgehead atoms. The number of nitro groups is 1. The highest BCUT2D eigenvalue weighted by Crippen LogP contribution is 2.27. The van der Waals surface area contributed by atoms with Gasteiger partial charge in [0, 0.05) is 37.5 Å². The molecule has 1 aromatic carbocycles. The monoisotopic (exact) mass is 354 g/mol. The number of anilines is 3. The maximum Gasteiger partial charge on any atom is 0.306 e. The third kappa shape index (κ3) is 4.62. The summed E-state index contributed by atoms with van der Waals surface area (Å²) in [5.74, 6) is -0.240. The average Bonchev–Trinajstić information content (AvgIpc) is 2.48. The van der Waals surface area contributed by atoms with Gasteiger partial charge in [-0.15, -0.1) is 3.89 Å². The average molecular weight is 354 g/mol. The minimum absolute atomic E-state index is 0.0385. The molecule has 1 heterocycles. The van der Waals surface area contributed by atoms with E-state index in [1.807, 2.05) is 14.1 Å². The number of rotatable bonds is 6. The summed E-state index contributed by atoms with van der Waals surface area (Å²) in [5.41, 5.74) is 0.428. The van der Waals surface area contributed by atoms with Gasteiger partial charge in [-0.1, -0.05) is 0 Å². The van der Waals surface area contributed by atoms with Crippen LogP contribution < -0.4 is 10.2 Å². The number of non-ortho nitro benzene ring substituents is 1. The fourth-order valence-electron chi connectivity index (χ4n) is 2.00. The molecule has 0 aliphatic rings. The Morgan fingerprint density at radius 1 is 1.29 bits per heavy atom. The Kier molecular flexibility index (Phi) is 4.98. The summed E-state index contributed by atoms with van der Waals surface area (Å²) < 4.78 is 34.9. The summed E-state index contributed by atoms with van der Waals surface area (Å²) in [7, 11) is -1.18. The summed E-state index contributed by atoms with van der Waals surface area (Å²) in [6, 6.07) is 7.01. The number of nitrogens with one attached hydrogen (secondary N) is 1. The van der Waals surface area contributed by atoms with Crippen LogP contribution in [0.25, 0.3) is 0 Å². The molecule has 0 amide bonds. The Morgan fingerprint density at radius 3 is 2.50 bits per heavy atom. The van der Waals surface area contributed by atoms with Crippen molar-refractivity contribution in [3.63, 3.8) is 0 Å². The molecular weight excluding hydrogens is 339 g/mol. The van der Waals surface area contributed by atoms with Crippen molar-refractivity contribution in [1.29, 1.82) is 0 Å². The van der Waals surface area contributed by atoms with Gasteiger partial charge in [0.05, 0.1) is 16.8 Å². The van der Waals surface area contributed by atoms with Gasteiger partial charge in [0.2, 0.25) is 0 Å². The summed E-state index contributed by atoms with van der Waals surface area (Å²) in [6.07, 6.45) is 1.52. The second-order valence-corrected chi connectivity index (χ2v) is 6.57. The number of halogens is 1. The number of benzene rings is 1. The lowest BCUT2D eigenvalue weighted by Crippen LogP contribution is -2.10. The Hall–Kier alpha value is -2.75. The molecule has 128 valence electrons. The second kappa shape index (κ2) is 6.79. The number of nitro benzene ring substituents is 1. The van der Waals surface area contributed by atoms with Crippen molar-refractivity contribution in [2.75, 3.05) is 24.3 Å². The molecule has 0 fully saturated rings. The van der Waals surface area contributed by atoms with Crippen LogP contribution in [-0.2, 0) is 16.0 Å². The van der Waals surface area contributed by atoms with Crippen molar-refractivity contribution < 1.29 is 17.2 Å². The van der Waals surface area contributed by atoms with E-state index in [2.05, 4.69) is 10.3 Å². The number of hydrogen-bond acceptors (Lipinski definition) is 7. The summed E-state index contributed by atoms with van der Waals surface area (Å²) >= 11 is 0. The lowest BCUT2D eigenvalue weighted by molar-refractivity contribution is -0.384. The van der Waals surface area contributed by atoms with Crippen molar-refractivity contribution in [2.24, 2.45) is 0 Å². The lowest BCUT2D eigenvalue weighted by atomic mass is 10.1. The first kappa shape index (κ1) is 17.6. The predicted octanol–water partition coefficient (Wildman–Crippen LogP) is 2.60. The molecule has 1 aromatic heterocycles. The zero-order chi connectivity index (χ0) is 17.9. The molecule has 10 heteroatoms. The topological polar surface area (TPSA) is 105 Å². The van der Waals surface area contributed by atoms with E-state index < -0.39 is 20.9 Å². The number of nitrogens with zero attached hydrogens (tertiary/aromatic N) is 3. The third-order valence-corrected chi connectivity index (χ3v) is 3.77. The highest BCUT2D eigenvalue weighted by atomic mass is 32.3. The van der Waals surface area contributed by atoms with E-state index in [0.717, 1.165) is 11.9 Å². The molecule has 2 rings (SSSR count). The normalized spacial score (nSPS) is 11.1. The zero-order valence-electron chi connectivity index (χ0n) is 12.9. The molecule has 24 heavy (non-hydrogen) atoms. The van der Waals surface area contributed by atoms with Gasteiger partial charge in [-0.05, 0) is 18.2 Å². The van der Waals surface area contributed by atoms with Crippen LogP contribution in [0, 0.1) is 10.1 Å². The van der Waals surface area contributed by atoms with Crippen molar-refractivity contribution in [3.05, 3.63) is 52.2 Å². The molecule has 0 saturated carbocycles. The van der Waals surface area contributed by atoms with Crippen LogP contribution in [0.1, 0.15) is 5.56 Å². The number of pyridine rings is 1. The molecule has 0 aliphatic carbocycles. The van der Waals surface area contributed by atoms with E-state index in [1.165, 1.54) is 18.3 Å². The first-order chi connectivity index (χ1) is 11.2. The molecule has 0 spiro atoms. The Morgan fingerprint density at radius 2 is 2.00 bits per heavy atom. The third-order valence-electron chi connectivity index (χ3n) is 3.11. The quantitative estimate of drug-likeness (QED) is 0.483. The van der Waals surface area contributed by atoms with Gasteiger partial charge in [-0.2, -0.15) is 8.42 Å². The summed E-state index contributed by atoms with van der Waals surface area (Å²) in [4.78, 5) is 16.1. The molecule has 0 unspecified atom stereocenters. The zero-order valence-corrected chi connectivity index (χ0v) is 13.7. The van der Waals surface area contributed by atoms with Gasteiger partial charge in [-0.3, -0.25) is 10.1 Å². The number of aromatic nitrogens is 1. The smallest absolute Gasteiger partial charge is 0.306 e. The van der Waals surface area contributed by atoms with Gasteiger partial charge in [-0.25, -0.2) is 4.98 Å². The molecular formula is C14H15FN4O4S. The van der Waals surface area contributed by atoms with E-state index in [1.54, 1.807) is 17.0 Å². The van der Waals surface area contributed by atoms with Gasteiger partial charge < -0.3 is 10.2 Å². The van der Waals surface area contributed by atoms with E-state index in [0.29, 0.717) is 5.69 Å². The number of hydrogen-bond donors (Lipinski definition) is 1. The molecule has 0 saturated heterocycles. The predicted molar refractivity (Wildman–Crippen MR) is 88.7 cm³/mol. The van der Waals surface area contributed by atoms with E-state index >= 15 is 0 Å². The van der Waals surface area contributed by atoms with Crippen LogP contribution in [0.15, 0.2) is 36.5 Å². The SMILES string of the molecule is CN(C)c1ccc(Nc2ccc([N+](=O)[O-])cc2CS(=O)(=O)F)cn1. The minimum Gasteiger partial charge on any atom is -0.363 e. The van der Waals surface area contributed by atoms with E-state index in [9.17, 15) is 22.4 Å². The highest BCUT2D eigenvalue weighted by Gasteiger charge is 2.17. The van der Waals surface area contributed by atoms with Crippen LogP contribution in [-0.4, -0.2) is 32.4 Å². The Bertz CT molecular complexity index is 854. The highest BCUT2D eigenvalue weighted by molar-refractivity contribution is 7.85. The fourth-order valence-corrected chi connectivity index (χ4v) is 2.61. The van der Waals surface area contributed by atoms with E-state index in [-0.39, 0.29) is 16.9 Å². The Balaban J connectivity index is 2.36. The van der Waals surface area contributed by atoms with Gasteiger partial charge in [0.15, 0.2) is 0 Å². The largest absolute Gasteiger partial charge is 0.363 e. The van der Waals surface area contributed by atoms with Crippen LogP contribution >= 0.6 is 0 Å². The Labute approximate surface area is 138 Å². The maximum atomic E-state index is 13.0. The molecule has 2 aromatic rings. The lowest BCUT2D eigenvalue weighted by Gasteiger charge is -2.13. The van der Waals surface area contributed by atoms with E-state index in [4.69, 9.17) is 0 Å². The first-order valence-electron chi connectivity index (χ1n) is 6.76. The minimum atomic E-state index is -4.84. The van der Waals surface area contributed by atoms with Crippen molar-refractivity contribution in [3.8, 4) is 0 Å². The molecule has 1 N–H and O–H groups in total. The van der Waals surface area contributed by atoms with Crippen LogP contribution in [0.5, 0.6) is 0 Å². The summed E-state index contributed by atoms with van der Waals surface area (Å²) in [6.45, 7) is 0. The van der Waals surface area contributed by atoms with Gasteiger partial charge >= 0.3 is 10.2 Å². The van der Waals surface area contributed by atoms with Gasteiger partial charge in [0.1, 0.15) is 11.6 Å². The van der Waals surface area contributed by atoms with Crippen molar-refractivity contribution >= 4 is 33.1 Å². The standard InChI is InChI=1S/C14H15FN4O4S/c1-18(2)14-6-3-11(8-16-14)17-13-5-4-12(19(20)21)7-10(13)9-24(15,22)23/h3-8,17H,9H2,1-2H3. The molecule has 0 radical (unpaired) electrons. The van der Waals surface area contributed by atoms with Gasteiger partial charge in [0.25, 0.3) is 5.69 Å². The van der Waals surface area contributed by atoms with Crippen molar-refractivity contribution in [2.45, 2.75) is 5.75 Å². The van der Waals surface area contributed by atoms with Crippen LogP contribution in [0.4, 0.5) is 26.8 Å². The first-order valence-corrected chi connectivity index (χ1v) is 8.31. The second-order valence-electron chi connectivity index (χ2n) is 5.21. The summed E-state index contributed by atoms with van der Waals surface area (Å²) in [5, 5.41) is 13.7. The molecule has 8 nitrogen and oxygen atoms in total.